The van der Waals surface area contributed by atoms with Crippen LogP contribution in [0.4, 0.5) is 5.69 Å². The van der Waals surface area contributed by atoms with Crippen LogP contribution in [-0.4, -0.2) is 24.7 Å². The standard InChI is InChI=1S/C15H18N2O2.K/c1-10(18)13-9-12(2-3-14(13)16)15(17)8-11-4-6-19-7-5-11;/h3,9,11H,4-8,16H2,1H3;/q-2;+1. The number of ketones is 1. The molecule has 1 saturated heterocycles. The van der Waals surface area contributed by atoms with Crippen LogP contribution in [0.5, 0.6) is 0 Å². The summed E-state index contributed by atoms with van der Waals surface area (Å²) in [5.74, 6) is 0.326. The van der Waals surface area contributed by atoms with Gasteiger partial charge in [0.1, 0.15) is 5.78 Å². The van der Waals surface area contributed by atoms with Gasteiger partial charge < -0.3 is 15.9 Å². The smallest absolute Gasteiger partial charge is 0.859 e. The minimum atomic E-state index is -0.105. The number of anilines is 1. The van der Waals surface area contributed by atoms with Crippen molar-refractivity contribution in [3.05, 3.63) is 34.7 Å². The summed E-state index contributed by atoms with van der Waals surface area (Å²) in [4.78, 5) is 11.4. The first-order valence-corrected chi connectivity index (χ1v) is 6.53. The fourth-order valence-electron chi connectivity index (χ4n) is 2.31. The number of carbonyl (C=O) groups is 1. The summed E-state index contributed by atoms with van der Waals surface area (Å²) in [5, 5.41) is 10.2. The van der Waals surface area contributed by atoms with Gasteiger partial charge >= 0.3 is 51.4 Å². The third kappa shape index (κ3) is 4.75. The Hall–Kier alpha value is -0.0436. The van der Waals surface area contributed by atoms with Crippen molar-refractivity contribution in [2.24, 2.45) is 5.92 Å². The van der Waals surface area contributed by atoms with Crippen LogP contribution in [0.15, 0.2) is 12.1 Å². The van der Waals surface area contributed by atoms with E-state index in [1.54, 1.807) is 12.1 Å². The Morgan fingerprint density at radius 3 is 2.75 bits per heavy atom. The second kappa shape index (κ2) is 8.41. The molecule has 0 unspecified atom stereocenters. The Labute approximate surface area is 162 Å². The van der Waals surface area contributed by atoms with E-state index < -0.39 is 0 Å². The number of Topliss-reactive ketones (excluding diaryl/α,β-unsaturated/α-hetero) is 1. The molecule has 1 aromatic carbocycles. The van der Waals surface area contributed by atoms with E-state index in [9.17, 15) is 10.2 Å². The van der Waals surface area contributed by atoms with Gasteiger partial charge in [0.25, 0.3) is 0 Å². The first-order valence-electron chi connectivity index (χ1n) is 6.53. The molecule has 1 aliphatic rings. The van der Waals surface area contributed by atoms with Crippen LogP contribution in [0.3, 0.4) is 0 Å². The predicted molar refractivity (Wildman–Crippen MR) is 75.3 cm³/mol. The number of nitrogens with two attached hydrogens (primary N) is 1. The molecule has 5 heteroatoms. The van der Waals surface area contributed by atoms with Crippen LogP contribution in [0, 0.1) is 12.0 Å². The summed E-state index contributed by atoms with van der Waals surface area (Å²) < 4.78 is 5.29. The third-order valence-electron chi connectivity index (χ3n) is 3.50. The minimum Gasteiger partial charge on any atom is -0.859 e. The topological polar surface area (TPSA) is 74.6 Å². The van der Waals surface area contributed by atoms with Gasteiger partial charge in [0.05, 0.1) is 0 Å². The van der Waals surface area contributed by atoms with Crippen molar-refractivity contribution in [3.63, 3.8) is 0 Å². The molecule has 1 aromatic rings. The van der Waals surface area contributed by atoms with Gasteiger partial charge in [-0.1, -0.05) is 6.42 Å². The minimum absolute atomic E-state index is 0. The predicted octanol–water partition coefficient (Wildman–Crippen LogP) is -0.549. The Kier molecular flexibility index (Phi) is 7.57. The molecule has 1 aliphatic heterocycles. The van der Waals surface area contributed by atoms with Gasteiger partial charge in [0.2, 0.25) is 0 Å². The number of carbonyl (C=O) groups excluding carboxylic acids is 1. The van der Waals surface area contributed by atoms with Crippen LogP contribution >= 0.6 is 0 Å². The Balaban J connectivity index is 0.00000200. The monoisotopic (exact) mass is 297 g/mol. The van der Waals surface area contributed by atoms with Crippen molar-refractivity contribution >= 4 is 17.2 Å². The van der Waals surface area contributed by atoms with Crippen molar-refractivity contribution in [3.8, 4) is 0 Å². The number of rotatable bonds is 4. The molecule has 1 heterocycles. The number of ether oxygens (including phenoxy) is 1. The van der Waals surface area contributed by atoms with Crippen LogP contribution in [-0.2, 0) is 4.74 Å². The zero-order chi connectivity index (χ0) is 13.8. The molecule has 0 amide bonds. The van der Waals surface area contributed by atoms with Gasteiger partial charge in [0, 0.05) is 13.2 Å². The fraction of sp³-hybridized carbons (Fsp3) is 0.467. The van der Waals surface area contributed by atoms with E-state index in [1.165, 1.54) is 6.92 Å². The van der Waals surface area contributed by atoms with Gasteiger partial charge in [-0.15, -0.1) is 18.2 Å². The first-order chi connectivity index (χ1) is 9.08. The van der Waals surface area contributed by atoms with E-state index in [4.69, 9.17) is 10.5 Å². The summed E-state index contributed by atoms with van der Waals surface area (Å²) in [6, 6.07) is 6.09. The van der Waals surface area contributed by atoms with Crippen LogP contribution in [0.1, 0.15) is 42.1 Å². The maximum Gasteiger partial charge on any atom is 1.00 e. The number of nitrogen functional groups attached to an aromatic ring is 1. The van der Waals surface area contributed by atoms with E-state index in [0.717, 1.165) is 26.1 Å². The van der Waals surface area contributed by atoms with Crippen molar-refractivity contribution in [2.45, 2.75) is 26.2 Å². The molecule has 0 spiro atoms. The van der Waals surface area contributed by atoms with Gasteiger partial charge in [-0.25, -0.2) is 0 Å². The van der Waals surface area contributed by atoms with Crippen LogP contribution in [0.25, 0.3) is 5.41 Å². The molecule has 0 radical (unpaired) electrons. The second-order valence-electron chi connectivity index (χ2n) is 4.98. The van der Waals surface area contributed by atoms with Crippen molar-refractivity contribution in [1.29, 1.82) is 0 Å². The fourth-order valence-corrected chi connectivity index (χ4v) is 2.31. The van der Waals surface area contributed by atoms with E-state index in [-0.39, 0.29) is 62.9 Å². The maximum absolute atomic E-state index is 11.4. The molecule has 0 bridgehead atoms. The molecule has 0 aromatic heterocycles. The van der Waals surface area contributed by atoms with Crippen LogP contribution < -0.4 is 57.1 Å². The van der Waals surface area contributed by atoms with Gasteiger partial charge in [-0.3, -0.25) is 10.5 Å². The van der Waals surface area contributed by atoms with Crippen molar-refractivity contribution in [2.75, 3.05) is 18.9 Å². The van der Waals surface area contributed by atoms with E-state index in [0.29, 0.717) is 29.2 Å². The molecule has 1 fully saturated rings. The van der Waals surface area contributed by atoms with E-state index in [1.807, 2.05) is 0 Å². The summed E-state index contributed by atoms with van der Waals surface area (Å²) in [7, 11) is 0. The molecule has 2 N–H and O–H groups in total. The average molecular weight is 297 g/mol. The zero-order valence-electron chi connectivity index (χ0n) is 12.1. The van der Waals surface area contributed by atoms with Crippen LogP contribution in [0.2, 0.25) is 0 Å². The number of hydrogen-bond acceptors (Lipinski definition) is 3. The molecule has 2 rings (SSSR count). The summed E-state index contributed by atoms with van der Waals surface area (Å²) in [5.41, 5.74) is 7.38. The molecule has 0 aliphatic carbocycles. The molecular weight excluding hydrogens is 279 g/mol. The summed E-state index contributed by atoms with van der Waals surface area (Å²) in [6.45, 7) is 2.97. The molecule has 4 nitrogen and oxygen atoms in total. The van der Waals surface area contributed by atoms with Gasteiger partial charge in [0.15, 0.2) is 0 Å². The Morgan fingerprint density at radius 1 is 1.50 bits per heavy atom. The number of benzene rings is 1. The zero-order valence-corrected chi connectivity index (χ0v) is 15.2. The largest absolute Gasteiger partial charge is 1.00 e. The van der Waals surface area contributed by atoms with Crippen molar-refractivity contribution in [1.82, 2.24) is 0 Å². The Bertz CT molecular complexity index is 497. The molecule has 0 saturated carbocycles. The molecular formula is C15H18KN2O2-. The van der Waals surface area contributed by atoms with Gasteiger partial charge in [-0.05, 0) is 36.9 Å². The number of hydrogen-bond donors (Lipinski definition) is 1. The van der Waals surface area contributed by atoms with E-state index >= 15 is 0 Å². The SMILES string of the molecule is CC(=O)c1cc(C(=[N-])CC2CCOCC2)[c-]cc1N.[K+]. The molecule has 102 valence electrons. The second-order valence-corrected chi connectivity index (χ2v) is 4.98. The van der Waals surface area contributed by atoms with Gasteiger partial charge in [-0.2, -0.15) is 5.56 Å². The molecule has 20 heavy (non-hydrogen) atoms. The normalized spacial score (nSPS) is 15.4. The number of nitrogens with zero attached hydrogens (tertiary/aromatic N) is 1. The maximum atomic E-state index is 11.4. The van der Waals surface area contributed by atoms with Crippen molar-refractivity contribution < 1.29 is 60.9 Å². The molecule has 0 atom stereocenters. The quantitative estimate of drug-likeness (QED) is 0.266. The third-order valence-corrected chi connectivity index (χ3v) is 3.50. The summed E-state index contributed by atoms with van der Waals surface area (Å²) >= 11 is 0. The Morgan fingerprint density at radius 2 is 2.15 bits per heavy atom. The average Bonchev–Trinajstić information content (AvgIpc) is 2.40. The first kappa shape index (κ1) is 18.0. The van der Waals surface area contributed by atoms with E-state index in [2.05, 4.69) is 6.07 Å². The summed E-state index contributed by atoms with van der Waals surface area (Å²) in [6.07, 6.45) is 2.51.